The summed E-state index contributed by atoms with van der Waals surface area (Å²) < 4.78 is 0. The lowest BCUT2D eigenvalue weighted by Crippen LogP contribution is -2.31. The first-order chi connectivity index (χ1) is 6.08. The maximum atomic E-state index is 3.38. The van der Waals surface area contributed by atoms with Crippen LogP contribution in [0.15, 0.2) is 11.4 Å². The smallest absolute Gasteiger partial charge is 0.0517 e. The van der Waals surface area contributed by atoms with E-state index in [1.807, 2.05) is 11.3 Å². The molecule has 1 N–H and O–H groups in total. The van der Waals surface area contributed by atoms with Gasteiger partial charge in [-0.2, -0.15) is 0 Å². The number of hydrogen-bond donors (Lipinski definition) is 1. The van der Waals surface area contributed by atoms with Crippen molar-refractivity contribution in [2.45, 2.75) is 26.2 Å². The number of rotatable bonds is 4. The molecule has 0 aliphatic rings. The molecule has 1 aromatic heterocycles. The Kier molecular flexibility index (Phi) is 3.95. The van der Waals surface area contributed by atoms with E-state index in [0.29, 0.717) is 0 Å². The molecule has 1 aromatic rings. The van der Waals surface area contributed by atoms with Gasteiger partial charge in [-0.3, -0.25) is 0 Å². The van der Waals surface area contributed by atoms with Crippen molar-refractivity contribution in [1.29, 1.82) is 0 Å². The summed E-state index contributed by atoms with van der Waals surface area (Å²) in [5.41, 5.74) is 2.51. The Morgan fingerprint density at radius 1 is 1.54 bits per heavy atom. The van der Waals surface area contributed by atoms with Gasteiger partial charge in [0.15, 0.2) is 0 Å². The Balaban J connectivity index is 2.74. The standard InChI is InChI=1S/C10H16BrNS/c1-8-4-5-13-9(8)10(2,3)6-12-7-11/h4-5,12H,6-7H2,1-3H3. The third kappa shape index (κ3) is 2.79. The summed E-state index contributed by atoms with van der Waals surface area (Å²) in [5, 5.41) is 5.49. The largest absolute Gasteiger partial charge is 0.306 e. The van der Waals surface area contributed by atoms with Crippen molar-refractivity contribution in [2.75, 3.05) is 12.0 Å². The van der Waals surface area contributed by atoms with Crippen molar-refractivity contribution in [2.24, 2.45) is 0 Å². The van der Waals surface area contributed by atoms with Crippen LogP contribution in [-0.2, 0) is 5.41 Å². The average molecular weight is 262 g/mol. The van der Waals surface area contributed by atoms with Gasteiger partial charge in [0.25, 0.3) is 0 Å². The Bertz CT molecular complexity index is 268. The molecule has 1 heterocycles. The number of halogens is 1. The second kappa shape index (κ2) is 4.58. The van der Waals surface area contributed by atoms with Gasteiger partial charge < -0.3 is 5.32 Å². The lowest BCUT2D eigenvalue weighted by molar-refractivity contribution is 0.498. The van der Waals surface area contributed by atoms with Gasteiger partial charge in [0.05, 0.1) is 5.45 Å². The number of alkyl halides is 1. The molecule has 0 amide bonds. The molecule has 0 aliphatic carbocycles. The van der Waals surface area contributed by atoms with Crippen LogP contribution >= 0.6 is 27.3 Å². The summed E-state index contributed by atoms with van der Waals surface area (Å²) in [7, 11) is 0. The summed E-state index contributed by atoms with van der Waals surface area (Å²) >= 11 is 5.23. The van der Waals surface area contributed by atoms with Crippen LogP contribution in [0.3, 0.4) is 0 Å². The normalized spacial score (nSPS) is 12.0. The molecule has 0 bridgehead atoms. The molecule has 0 saturated heterocycles. The first-order valence-corrected chi connectivity index (χ1v) is 6.39. The monoisotopic (exact) mass is 261 g/mol. The molecule has 0 fully saturated rings. The Hall–Kier alpha value is 0.140. The molecule has 0 atom stereocenters. The third-order valence-corrected chi connectivity index (χ3v) is 3.92. The molecule has 13 heavy (non-hydrogen) atoms. The van der Waals surface area contributed by atoms with Gasteiger partial charge in [0.1, 0.15) is 0 Å². The lowest BCUT2D eigenvalue weighted by atomic mass is 9.89. The van der Waals surface area contributed by atoms with E-state index >= 15 is 0 Å². The molecule has 1 rings (SSSR count). The fraction of sp³-hybridized carbons (Fsp3) is 0.600. The van der Waals surface area contributed by atoms with Crippen LogP contribution in [0.25, 0.3) is 0 Å². The Labute approximate surface area is 92.7 Å². The minimum atomic E-state index is 0.242. The molecular weight excluding hydrogens is 246 g/mol. The summed E-state index contributed by atoms with van der Waals surface area (Å²) in [6, 6.07) is 2.19. The van der Waals surface area contributed by atoms with Crippen molar-refractivity contribution >= 4 is 27.3 Å². The number of aryl methyl sites for hydroxylation is 1. The van der Waals surface area contributed by atoms with Crippen molar-refractivity contribution in [3.05, 3.63) is 21.9 Å². The molecule has 0 radical (unpaired) electrons. The predicted molar refractivity (Wildman–Crippen MR) is 63.9 cm³/mol. The van der Waals surface area contributed by atoms with E-state index in [1.165, 1.54) is 10.4 Å². The maximum absolute atomic E-state index is 3.38. The molecule has 0 spiro atoms. The van der Waals surface area contributed by atoms with Crippen LogP contribution in [-0.4, -0.2) is 12.0 Å². The van der Waals surface area contributed by atoms with Crippen molar-refractivity contribution in [1.82, 2.24) is 5.32 Å². The molecule has 3 heteroatoms. The van der Waals surface area contributed by atoms with Crippen LogP contribution in [0, 0.1) is 6.92 Å². The van der Waals surface area contributed by atoms with Crippen LogP contribution in [0.2, 0.25) is 0 Å². The zero-order chi connectivity index (χ0) is 9.90. The van der Waals surface area contributed by atoms with E-state index in [-0.39, 0.29) is 5.41 Å². The summed E-state index contributed by atoms with van der Waals surface area (Å²) in [4.78, 5) is 1.49. The van der Waals surface area contributed by atoms with Crippen LogP contribution < -0.4 is 5.32 Å². The fourth-order valence-electron chi connectivity index (χ4n) is 1.51. The first-order valence-electron chi connectivity index (χ1n) is 4.39. The maximum Gasteiger partial charge on any atom is 0.0517 e. The van der Waals surface area contributed by atoms with Crippen molar-refractivity contribution < 1.29 is 0 Å². The molecule has 0 unspecified atom stereocenters. The topological polar surface area (TPSA) is 12.0 Å². The first kappa shape index (κ1) is 11.2. The van der Waals surface area contributed by atoms with Crippen molar-refractivity contribution in [3.8, 4) is 0 Å². The zero-order valence-electron chi connectivity index (χ0n) is 8.36. The number of nitrogens with one attached hydrogen (secondary N) is 1. The fourth-order valence-corrected chi connectivity index (χ4v) is 2.76. The van der Waals surface area contributed by atoms with E-state index < -0.39 is 0 Å². The number of hydrogen-bond acceptors (Lipinski definition) is 2. The van der Waals surface area contributed by atoms with Gasteiger partial charge in [-0.1, -0.05) is 29.8 Å². The molecule has 0 aliphatic heterocycles. The lowest BCUT2D eigenvalue weighted by Gasteiger charge is -2.24. The van der Waals surface area contributed by atoms with E-state index in [9.17, 15) is 0 Å². The van der Waals surface area contributed by atoms with Gasteiger partial charge in [-0.15, -0.1) is 11.3 Å². The Morgan fingerprint density at radius 3 is 2.69 bits per heavy atom. The molecule has 1 nitrogen and oxygen atoms in total. The predicted octanol–water partition coefficient (Wildman–Crippen LogP) is 3.28. The highest BCUT2D eigenvalue weighted by molar-refractivity contribution is 9.09. The third-order valence-electron chi connectivity index (χ3n) is 2.14. The second-order valence-corrected chi connectivity index (χ2v) is 5.35. The van der Waals surface area contributed by atoms with Gasteiger partial charge in [0.2, 0.25) is 0 Å². The van der Waals surface area contributed by atoms with Gasteiger partial charge in [-0.25, -0.2) is 0 Å². The van der Waals surface area contributed by atoms with E-state index in [0.717, 1.165) is 12.0 Å². The summed E-state index contributed by atoms with van der Waals surface area (Å²) in [6.45, 7) is 7.75. The second-order valence-electron chi connectivity index (χ2n) is 3.88. The van der Waals surface area contributed by atoms with Crippen LogP contribution in [0.5, 0.6) is 0 Å². The summed E-state index contributed by atoms with van der Waals surface area (Å²) in [5.74, 6) is 0. The molecule has 74 valence electrons. The van der Waals surface area contributed by atoms with E-state index in [1.54, 1.807) is 0 Å². The van der Waals surface area contributed by atoms with Crippen LogP contribution in [0.4, 0.5) is 0 Å². The highest BCUT2D eigenvalue weighted by atomic mass is 79.9. The van der Waals surface area contributed by atoms with E-state index in [4.69, 9.17) is 0 Å². The summed E-state index contributed by atoms with van der Waals surface area (Å²) in [6.07, 6.45) is 0. The highest BCUT2D eigenvalue weighted by Gasteiger charge is 2.22. The Morgan fingerprint density at radius 2 is 2.23 bits per heavy atom. The molecule has 0 aromatic carbocycles. The van der Waals surface area contributed by atoms with E-state index in [2.05, 4.69) is 53.5 Å². The minimum absolute atomic E-state index is 0.242. The van der Waals surface area contributed by atoms with Crippen molar-refractivity contribution in [3.63, 3.8) is 0 Å². The quantitative estimate of drug-likeness (QED) is 0.648. The minimum Gasteiger partial charge on any atom is -0.306 e. The average Bonchev–Trinajstić information content (AvgIpc) is 2.48. The molecular formula is C10H16BrNS. The van der Waals surface area contributed by atoms with Crippen LogP contribution in [0.1, 0.15) is 24.3 Å². The van der Waals surface area contributed by atoms with Gasteiger partial charge in [0, 0.05) is 16.8 Å². The van der Waals surface area contributed by atoms with Gasteiger partial charge in [-0.05, 0) is 23.9 Å². The van der Waals surface area contributed by atoms with Gasteiger partial charge >= 0.3 is 0 Å². The highest BCUT2D eigenvalue weighted by Crippen LogP contribution is 2.30. The SMILES string of the molecule is Cc1ccsc1C(C)(C)CNCBr. The molecule has 0 saturated carbocycles. The number of thiophene rings is 1. The zero-order valence-corrected chi connectivity index (χ0v) is 10.8.